The molecule has 0 saturated heterocycles. The van der Waals surface area contributed by atoms with Crippen molar-refractivity contribution >= 4 is 22.5 Å². The summed E-state index contributed by atoms with van der Waals surface area (Å²) in [5, 5.41) is 1.56. The fraction of sp³-hybridized carbons (Fsp3) is 0.118. The van der Waals surface area contributed by atoms with Crippen LogP contribution in [0.4, 0.5) is 0 Å². The number of hydrogen-bond donors (Lipinski definition) is 0. The molecule has 0 radical (unpaired) electrons. The first-order valence-electron chi connectivity index (χ1n) is 6.57. The first-order chi connectivity index (χ1) is 10.3. The molecule has 0 unspecified atom stereocenters. The highest BCUT2D eigenvalue weighted by Crippen LogP contribution is 2.30. The fourth-order valence-corrected chi connectivity index (χ4v) is 2.37. The molecule has 2 aromatic carbocycles. The van der Waals surface area contributed by atoms with Crippen molar-refractivity contribution in [3.05, 3.63) is 65.3 Å². The summed E-state index contributed by atoms with van der Waals surface area (Å²) < 4.78 is 11.1. The van der Waals surface area contributed by atoms with Crippen LogP contribution in [0.2, 0.25) is 5.02 Å². The number of hydrogen-bond acceptors (Lipinski definition) is 3. The van der Waals surface area contributed by atoms with Crippen LogP contribution in [-0.2, 0) is 6.61 Å². The second-order valence-corrected chi connectivity index (χ2v) is 4.99. The second-order valence-electron chi connectivity index (χ2n) is 4.59. The number of fused-ring (bicyclic) bond motifs is 1. The lowest BCUT2D eigenvalue weighted by Gasteiger charge is -2.10. The molecule has 1 heterocycles. The van der Waals surface area contributed by atoms with Crippen molar-refractivity contribution in [3.8, 4) is 11.5 Å². The van der Waals surface area contributed by atoms with Gasteiger partial charge in [-0.15, -0.1) is 0 Å². The number of pyridine rings is 1. The Morgan fingerprint density at radius 1 is 1.10 bits per heavy atom. The minimum Gasteiger partial charge on any atom is -0.497 e. The van der Waals surface area contributed by atoms with Gasteiger partial charge in [0, 0.05) is 11.6 Å². The first kappa shape index (κ1) is 13.7. The molecule has 106 valence electrons. The molecule has 0 aliphatic rings. The van der Waals surface area contributed by atoms with Gasteiger partial charge in [-0.2, -0.15) is 0 Å². The maximum absolute atomic E-state index is 6.17. The molecule has 0 amide bonds. The molecule has 0 fully saturated rings. The fourth-order valence-electron chi connectivity index (χ4n) is 2.15. The molecular weight excluding hydrogens is 286 g/mol. The molecule has 0 spiro atoms. The van der Waals surface area contributed by atoms with Gasteiger partial charge < -0.3 is 9.47 Å². The Kier molecular flexibility index (Phi) is 3.93. The largest absolute Gasteiger partial charge is 0.497 e. The predicted octanol–water partition coefficient (Wildman–Crippen LogP) is 4.48. The molecule has 0 aliphatic carbocycles. The highest BCUT2D eigenvalue weighted by molar-refractivity contribution is 6.35. The van der Waals surface area contributed by atoms with Gasteiger partial charge in [-0.3, -0.25) is 4.98 Å². The van der Waals surface area contributed by atoms with Crippen molar-refractivity contribution in [1.82, 2.24) is 4.98 Å². The zero-order valence-corrected chi connectivity index (χ0v) is 12.3. The van der Waals surface area contributed by atoms with Crippen LogP contribution in [0.5, 0.6) is 11.5 Å². The Balaban J connectivity index is 1.87. The van der Waals surface area contributed by atoms with E-state index in [0.717, 1.165) is 28.0 Å². The van der Waals surface area contributed by atoms with Crippen LogP contribution in [0.15, 0.2) is 54.7 Å². The van der Waals surface area contributed by atoms with Gasteiger partial charge in [0.15, 0.2) is 0 Å². The van der Waals surface area contributed by atoms with E-state index >= 15 is 0 Å². The van der Waals surface area contributed by atoms with Crippen LogP contribution in [0, 0.1) is 0 Å². The predicted molar refractivity (Wildman–Crippen MR) is 84.1 cm³/mol. The van der Waals surface area contributed by atoms with Crippen molar-refractivity contribution < 1.29 is 9.47 Å². The minimum absolute atomic E-state index is 0.449. The molecule has 3 aromatic rings. The Morgan fingerprint density at radius 3 is 2.86 bits per heavy atom. The summed E-state index contributed by atoms with van der Waals surface area (Å²) in [6.45, 7) is 0.449. The molecule has 0 atom stereocenters. The third-order valence-corrected chi connectivity index (χ3v) is 3.54. The van der Waals surface area contributed by atoms with Crippen LogP contribution < -0.4 is 9.47 Å². The first-order valence-corrected chi connectivity index (χ1v) is 6.94. The van der Waals surface area contributed by atoms with E-state index < -0.39 is 0 Å². The molecular formula is C17H14ClNO2. The minimum atomic E-state index is 0.449. The van der Waals surface area contributed by atoms with Crippen LogP contribution in [0.3, 0.4) is 0 Å². The molecule has 0 N–H and O–H groups in total. The topological polar surface area (TPSA) is 31.4 Å². The highest BCUT2D eigenvalue weighted by atomic mass is 35.5. The SMILES string of the molecule is COc1cccc(COc2ccc(Cl)c3cccnc23)c1. The van der Waals surface area contributed by atoms with Crippen molar-refractivity contribution in [2.75, 3.05) is 7.11 Å². The lowest BCUT2D eigenvalue weighted by molar-refractivity contribution is 0.308. The smallest absolute Gasteiger partial charge is 0.146 e. The lowest BCUT2D eigenvalue weighted by atomic mass is 10.2. The van der Waals surface area contributed by atoms with Gasteiger partial charge >= 0.3 is 0 Å². The summed E-state index contributed by atoms with van der Waals surface area (Å²) in [6.07, 6.45) is 1.73. The molecule has 0 bridgehead atoms. The van der Waals surface area contributed by atoms with E-state index in [1.807, 2.05) is 48.5 Å². The number of rotatable bonds is 4. The number of methoxy groups -OCH3 is 1. The molecule has 1 aromatic heterocycles. The van der Waals surface area contributed by atoms with E-state index in [9.17, 15) is 0 Å². The van der Waals surface area contributed by atoms with Gasteiger partial charge in [-0.05, 0) is 42.0 Å². The van der Waals surface area contributed by atoms with Crippen molar-refractivity contribution in [2.24, 2.45) is 0 Å². The Morgan fingerprint density at radius 2 is 2.00 bits per heavy atom. The third-order valence-electron chi connectivity index (χ3n) is 3.21. The molecule has 0 aliphatic heterocycles. The van der Waals surface area contributed by atoms with E-state index in [4.69, 9.17) is 21.1 Å². The Bertz CT molecular complexity index is 774. The number of halogens is 1. The highest BCUT2D eigenvalue weighted by Gasteiger charge is 2.07. The van der Waals surface area contributed by atoms with Gasteiger partial charge in [-0.1, -0.05) is 23.7 Å². The summed E-state index contributed by atoms with van der Waals surface area (Å²) in [6, 6.07) is 15.3. The standard InChI is InChI=1S/C17H14ClNO2/c1-20-13-5-2-4-12(10-13)11-21-16-8-7-15(18)14-6-3-9-19-17(14)16/h2-10H,11H2,1H3. The lowest BCUT2D eigenvalue weighted by Crippen LogP contribution is -1.97. The maximum Gasteiger partial charge on any atom is 0.146 e. The van der Waals surface area contributed by atoms with Crippen LogP contribution in [0.25, 0.3) is 10.9 Å². The quantitative estimate of drug-likeness (QED) is 0.712. The third kappa shape index (κ3) is 2.93. The number of nitrogens with zero attached hydrogens (tertiary/aromatic N) is 1. The number of benzene rings is 2. The summed E-state index contributed by atoms with van der Waals surface area (Å²) in [5.74, 6) is 1.54. The number of ether oxygens (including phenoxy) is 2. The average Bonchev–Trinajstić information content (AvgIpc) is 2.55. The van der Waals surface area contributed by atoms with Crippen LogP contribution >= 0.6 is 11.6 Å². The monoisotopic (exact) mass is 299 g/mol. The molecule has 3 nitrogen and oxygen atoms in total. The van der Waals surface area contributed by atoms with Crippen molar-refractivity contribution in [3.63, 3.8) is 0 Å². The van der Waals surface area contributed by atoms with Crippen molar-refractivity contribution in [2.45, 2.75) is 6.61 Å². The van der Waals surface area contributed by atoms with Crippen molar-refractivity contribution in [1.29, 1.82) is 0 Å². The zero-order valence-electron chi connectivity index (χ0n) is 11.5. The Labute approximate surface area is 128 Å². The summed E-state index contributed by atoms with van der Waals surface area (Å²) in [7, 11) is 1.65. The molecule has 0 saturated carbocycles. The van der Waals surface area contributed by atoms with Gasteiger partial charge in [0.25, 0.3) is 0 Å². The van der Waals surface area contributed by atoms with E-state index in [-0.39, 0.29) is 0 Å². The van der Waals surface area contributed by atoms with E-state index in [2.05, 4.69) is 4.98 Å². The average molecular weight is 300 g/mol. The van der Waals surface area contributed by atoms with Gasteiger partial charge in [0.2, 0.25) is 0 Å². The van der Waals surface area contributed by atoms with E-state index in [0.29, 0.717) is 11.6 Å². The van der Waals surface area contributed by atoms with Gasteiger partial charge in [0.1, 0.15) is 23.6 Å². The summed E-state index contributed by atoms with van der Waals surface area (Å²) in [5.41, 5.74) is 1.81. The zero-order chi connectivity index (χ0) is 14.7. The second kappa shape index (κ2) is 6.02. The number of aromatic nitrogens is 1. The van der Waals surface area contributed by atoms with Crippen LogP contribution in [-0.4, -0.2) is 12.1 Å². The van der Waals surface area contributed by atoms with E-state index in [1.165, 1.54) is 0 Å². The maximum atomic E-state index is 6.17. The van der Waals surface area contributed by atoms with Gasteiger partial charge in [-0.25, -0.2) is 0 Å². The molecule has 21 heavy (non-hydrogen) atoms. The van der Waals surface area contributed by atoms with Crippen LogP contribution in [0.1, 0.15) is 5.56 Å². The van der Waals surface area contributed by atoms with E-state index in [1.54, 1.807) is 13.3 Å². The molecule has 3 rings (SSSR count). The summed E-state index contributed by atoms with van der Waals surface area (Å²) in [4.78, 5) is 4.35. The van der Waals surface area contributed by atoms with Gasteiger partial charge in [0.05, 0.1) is 12.1 Å². The normalized spacial score (nSPS) is 10.6. The molecule has 4 heteroatoms. The summed E-state index contributed by atoms with van der Waals surface area (Å²) >= 11 is 6.17. The Hall–Kier alpha value is -2.26.